The topological polar surface area (TPSA) is 69.0 Å². The van der Waals surface area contributed by atoms with Crippen LogP contribution in [0.2, 0.25) is 0 Å². The van der Waals surface area contributed by atoms with Crippen molar-refractivity contribution < 1.29 is 4.79 Å². The lowest BCUT2D eigenvalue weighted by molar-refractivity contribution is -0.119. The molecule has 5 heteroatoms. The highest BCUT2D eigenvalue weighted by Crippen LogP contribution is 2.21. The summed E-state index contributed by atoms with van der Waals surface area (Å²) in [7, 11) is 0. The number of aromatic nitrogens is 1. The fraction of sp³-hybridized carbons (Fsp3) is 0.462. The Morgan fingerprint density at radius 3 is 3.22 bits per heavy atom. The number of nitrogens with one attached hydrogen (secondary N) is 1. The number of carbonyl (C=O) groups is 1. The van der Waals surface area contributed by atoms with Crippen LogP contribution in [0.15, 0.2) is 18.3 Å². The molecule has 0 aliphatic carbocycles. The second-order valence-electron chi connectivity index (χ2n) is 4.47. The quantitative estimate of drug-likeness (QED) is 0.844. The van der Waals surface area contributed by atoms with Crippen molar-refractivity contribution in [2.24, 2.45) is 0 Å². The van der Waals surface area contributed by atoms with Gasteiger partial charge in [0.2, 0.25) is 5.91 Å². The summed E-state index contributed by atoms with van der Waals surface area (Å²) in [6, 6.07) is 5.83. The summed E-state index contributed by atoms with van der Waals surface area (Å²) in [4.78, 5) is 17.4. The number of pyridine rings is 1. The van der Waals surface area contributed by atoms with E-state index in [2.05, 4.69) is 21.3 Å². The maximum atomic E-state index is 11.1. The molecular formula is C13H16N4O. The summed E-state index contributed by atoms with van der Waals surface area (Å²) in [6.07, 6.45) is 3.66. The summed E-state index contributed by atoms with van der Waals surface area (Å²) in [5, 5.41) is 12.0. The molecule has 0 saturated carbocycles. The van der Waals surface area contributed by atoms with Crippen molar-refractivity contribution in [2.75, 3.05) is 18.0 Å². The number of amides is 1. The van der Waals surface area contributed by atoms with E-state index < -0.39 is 0 Å². The molecule has 0 spiro atoms. The van der Waals surface area contributed by atoms with Crippen molar-refractivity contribution in [3.05, 3.63) is 23.9 Å². The Morgan fingerprint density at radius 2 is 2.50 bits per heavy atom. The maximum Gasteiger partial charge on any atom is 0.217 e. The summed E-state index contributed by atoms with van der Waals surface area (Å²) >= 11 is 0. The van der Waals surface area contributed by atoms with Crippen molar-refractivity contribution in [2.45, 2.75) is 25.8 Å². The lowest BCUT2D eigenvalue weighted by atomic mass is 10.1. The van der Waals surface area contributed by atoms with E-state index in [4.69, 9.17) is 5.26 Å². The van der Waals surface area contributed by atoms with Gasteiger partial charge in [-0.25, -0.2) is 4.98 Å². The van der Waals surface area contributed by atoms with Crippen LogP contribution < -0.4 is 10.2 Å². The van der Waals surface area contributed by atoms with Gasteiger partial charge in [0.25, 0.3) is 0 Å². The van der Waals surface area contributed by atoms with Gasteiger partial charge in [-0.1, -0.05) is 0 Å². The second kappa shape index (κ2) is 5.50. The van der Waals surface area contributed by atoms with E-state index in [1.54, 1.807) is 18.3 Å². The molecule has 1 fully saturated rings. The minimum Gasteiger partial charge on any atom is -0.353 e. The number of rotatable bonds is 2. The monoisotopic (exact) mass is 244 g/mol. The van der Waals surface area contributed by atoms with Crippen LogP contribution in [0.25, 0.3) is 0 Å². The van der Waals surface area contributed by atoms with Gasteiger partial charge in [0, 0.05) is 32.3 Å². The Morgan fingerprint density at radius 1 is 1.67 bits per heavy atom. The number of nitrogens with zero attached hydrogens (tertiary/aromatic N) is 3. The third kappa shape index (κ3) is 2.77. The molecule has 0 bridgehead atoms. The fourth-order valence-electron chi connectivity index (χ4n) is 2.31. The Kier molecular flexibility index (Phi) is 3.78. The van der Waals surface area contributed by atoms with Crippen LogP contribution >= 0.6 is 0 Å². The third-order valence-electron chi connectivity index (χ3n) is 3.04. The zero-order valence-corrected chi connectivity index (χ0v) is 10.4. The number of carbonyl (C=O) groups excluding carboxylic acids is 1. The first kappa shape index (κ1) is 12.4. The summed E-state index contributed by atoms with van der Waals surface area (Å²) in [5.41, 5.74) is 0.584. The molecule has 2 heterocycles. The molecule has 1 atom stereocenters. The zero-order chi connectivity index (χ0) is 13.0. The summed E-state index contributed by atoms with van der Waals surface area (Å²) in [5.74, 6) is 0.707. The van der Waals surface area contributed by atoms with E-state index in [0.29, 0.717) is 12.1 Å². The van der Waals surface area contributed by atoms with E-state index in [1.807, 2.05) is 0 Å². The predicted molar refractivity (Wildman–Crippen MR) is 68.0 cm³/mol. The zero-order valence-electron chi connectivity index (χ0n) is 10.4. The standard InChI is InChI=1S/C13H16N4O/c1-10(18)16-12-5-3-7-17(9-12)13-11(8-14)4-2-6-15-13/h2,4,6,12H,3,5,7,9H2,1H3,(H,16,18). The average molecular weight is 244 g/mol. The van der Waals surface area contributed by atoms with Crippen LogP contribution in [0.1, 0.15) is 25.3 Å². The smallest absolute Gasteiger partial charge is 0.217 e. The minimum atomic E-state index is -0.0108. The van der Waals surface area contributed by atoms with Crippen molar-refractivity contribution in [1.29, 1.82) is 5.26 Å². The van der Waals surface area contributed by atoms with Gasteiger partial charge in [0.05, 0.1) is 5.56 Å². The fourth-order valence-corrected chi connectivity index (χ4v) is 2.31. The molecule has 1 aromatic rings. The number of piperidine rings is 1. The minimum absolute atomic E-state index is 0.0108. The highest BCUT2D eigenvalue weighted by atomic mass is 16.1. The van der Waals surface area contributed by atoms with E-state index in [1.165, 1.54) is 6.92 Å². The summed E-state index contributed by atoms with van der Waals surface area (Å²) in [6.45, 7) is 3.12. The van der Waals surface area contributed by atoms with Gasteiger partial charge in [-0.05, 0) is 25.0 Å². The van der Waals surface area contributed by atoms with E-state index in [0.717, 1.165) is 25.2 Å². The molecular weight excluding hydrogens is 228 g/mol. The van der Waals surface area contributed by atoms with E-state index in [9.17, 15) is 4.79 Å². The van der Waals surface area contributed by atoms with Crippen LogP contribution in [-0.2, 0) is 4.79 Å². The van der Waals surface area contributed by atoms with Crippen LogP contribution in [-0.4, -0.2) is 30.0 Å². The molecule has 1 aliphatic rings. The lowest BCUT2D eigenvalue weighted by Crippen LogP contribution is -2.47. The number of nitriles is 1. The Bertz CT molecular complexity index is 480. The normalized spacial score (nSPS) is 19.1. The third-order valence-corrected chi connectivity index (χ3v) is 3.04. The van der Waals surface area contributed by atoms with Crippen molar-refractivity contribution in [1.82, 2.24) is 10.3 Å². The van der Waals surface area contributed by atoms with Gasteiger partial charge < -0.3 is 10.2 Å². The molecule has 0 radical (unpaired) electrons. The molecule has 1 unspecified atom stereocenters. The summed E-state index contributed by atoms with van der Waals surface area (Å²) < 4.78 is 0. The molecule has 1 saturated heterocycles. The average Bonchev–Trinajstić information content (AvgIpc) is 2.38. The first-order valence-corrected chi connectivity index (χ1v) is 6.08. The largest absolute Gasteiger partial charge is 0.353 e. The number of anilines is 1. The van der Waals surface area contributed by atoms with Gasteiger partial charge >= 0.3 is 0 Å². The van der Waals surface area contributed by atoms with Crippen LogP contribution in [0.5, 0.6) is 0 Å². The van der Waals surface area contributed by atoms with Crippen molar-refractivity contribution >= 4 is 11.7 Å². The first-order chi connectivity index (χ1) is 8.70. The first-order valence-electron chi connectivity index (χ1n) is 6.08. The van der Waals surface area contributed by atoms with Gasteiger partial charge in [0.15, 0.2) is 0 Å². The van der Waals surface area contributed by atoms with Gasteiger partial charge in [0.1, 0.15) is 11.9 Å². The van der Waals surface area contributed by atoms with E-state index >= 15 is 0 Å². The maximum absolute atomic E-state index is 11.1. The molecule has 94 valence electrons. The lowest BCUT2D eigenvalue weighted by Gasteiger charge is -2.34. The SMILES string of the molecule is CC(=O)NC1CCCN(c2ncccc2C#N)C1. The highest BCUT2D eigenvalue weighted by Gasteiger charge is 2.22. The molecule has 0 aromatic carbocycles. The van der Waals surface area contributed by atoms with Gasteiger partial charge in [-0.3, -0.25) is 4.79 Å². The Labute approximate surface area is 106 Å². The van der Waals surface area contributed by atoms with E-state index in [-0.39, 0.29) is 11.9 Å². The van der Waals surface area contributed by atoms with Crippen molar-refractivity contribution in [3.8, 4) is 6.07 Å². The molecule has 1 aliphatic heterocycles. The van der Waals surface area contributed by atoms with Crippen LogP contribution in [0.3, 0.4) is 0 Å². The molecule has 1 N–H and O–H groups in total. The predicted octanol–water partition coefficient (Wildman–Crippen LogP) is 1.06. The molecule has 5 nitrogen and oxygen atoms in total. The Hall–Kier alpha value is -2.09. The van der Waals surface area contributed by atoms with Gasteiger partial charge in [-0.15, -0.1) is 0 Å². The van der Waals surface area contributed by atoms with Crippen LogP contribution in [0.4, 0.5) is 5.82 Å². The van der Waals surface area contributed by atoms with Crippen molar-refractivity contribution in [3.63, 3.8) is 0 Å². The molecule has 1 amide bonds. The second-order valence-corrected chi connectivity index (χ2v) is 4.47. The molecule has 1 aromatic heterocycles. The molecule has 2 rings (SSSR count). The highest BCUT2D eigenvalue weighted by molar-refractivity contribution is 5.73. The number of hydrogen-bond donors (Lipinski definition) is 1. The molecule has 18 heavy (non-hydrogen) atoms. The van der Waals surface area contributed by atoms with Crippen LogP contribution in [0, 0.1) is 11.3 Å². The number of hydrogen-bond acceptors (Lipinski definition) is 4. The van der Waals surface area contributed by atoms with Gasteiger partial charge in [-0.2, -0.15) is 5.26 Å². The Balaban J connectivity index is 2.13.